The maximum atomic E-state index is 13.6. The predicted octanol–water partition coefficient (Wildman–Crippen LogP) is 4.69. The van der Waals surface area contributed by atoms with Gasteiger partial charge in [-0.1, -0.05) is 12.1 Å². The molecule has 2 aromatic carbocycles. The Morgan fingerprint density at radius 2 is 2.00 bits per heavy atom. The van der Waals surface area contributed by atoms with Gasteiger partial charge in [-0.2, -0.15) is 5.10 Å². The van der Waals surface area contributed by atoms with E-state index in [1.165, 1.54) is 6.07 Å². The van der Waals surface area contributed by atoms with Gasteiger partial charge in [-0.15, -0.1) is 0 Å². The van der Waals surface area contributed by atoms with Crippen LogP contribution < -0.4 is 15.5 Å². The molecule has 29 heavy (non-hydrogen) atoms. The van der Waals surface area contributed by atoms with E-state index in [1.54, 1.807) is 49.4 Å². The molecular weight excluding hydrogens is 417 g/mol. The summed E-state index contributed by atoms with van der Waals surface area (Å²) in [7, 11) is 0. The van der Waals surface area contributed by atoms with E-state index in [0.29, 0.717) is 11.5 Å². The van der Waals surface area contributed by atoms with Crippen LogP contribution >= 0.6 is 23.6 Å². The summed E-state index contributed by atoms with van der Waals surface area (Å²) in [6, 6.07) is 13.1. The van der Waals surface area contributed by atoms with Gasteiger partial charge in [0.1, 0.15) is 17.8 Å². The van der Waals surface area contributed by atoms with Gasteiger partial charge in [0.2, 0.25) is 0 Å². The highest BCUT2D eigenvalue weighted by Crippen LogP contribution is 2.30. The van der Waals surface area contributed by atoms with Gasteiger partial charge < -0.3 is 10.1 Å². The fourth-order valence-corrected chi connectivity index (χ4v) is 2.92. The molecule has 3 rings (SSSR count). The maximum Gasteiger partial charge on any atom is 0.347 e. The first-order chi connectivity index (χ1) is 13.9. The Balaban J connectivity index is 1.59. The number of hydrogen-bond donors (Lipinski definition) is 2. The van der Waals surface area contributed by atoms with Crippen molar-refractivity contribution in [2.24, 2.45) is 5.10 Å². The van der Waals surface area contributed by atoms with Gasteiger partial charge in [-0.3, -0.25) is 15.5 Å². The van der Waals surface area contributed by atoms with E-state index in [-0.39, 0.29) is 21.0 Å². The van der Waals surface area contributed by atoms with E-state index in [9.17, 15) is 14.5 Å². The van der Waals surface area contributed by atoms with Crippen LogP contribution in [-0.2, 0) is 0 Å². The van der Waals surface area contributed by atoms with E-state index < -0.39 is 10.7 Å². The lowest BCUT2D eigenvalue weighted by Gasteiger charge is -2.09. The summed E-state index contributed by atoms with van der Waals surface area (Å²) >= 11 is 5.95. The van der Waals surface area contributed by atoms with Crippen LogP contribution in [0, 0.1) is 15.9 Å². The first-order valence-electron chi connectivity index (χ1n) is 8.16. The number of nitrogens with one attached hydrogen (secondary N) is 2. The van der Waals surface area contributed by atoms with Crippen molar-refractivity contribution in [2.75, 3.05) is 5.32 Å². The normalized spacial score (nSPS) is 11.0. The minimum atomic E-state index is -0.522. The molecule has 2 N–H and O–H groups in total. The van der Waals surface area contributed by atoms with Crippen molar-refractivity contribution < 1.29 is 14.1 Å². The monoisotopic (exact) mass is 431 g/mol. The Hall–Kier alpha value is -3.44. The van der Waals surface area contributed by atoms with Crippen molar-refractivity contribution in [3.63, 3.8) is 0 Å². The zero-order chi connectivity index (χ0) is 20.8. The van der Waals surface area contributed by atoms with Crippen molar-refractivity contribution in [1.29, 1.82) is 0 Å². The van der Waals surface area contributed by atoms with Gasteiger partial charge >= 0.3 is 5.00 Å². The van der Waals surface area contributed by atoms with Crippen LogP contribution in [0.5, 0.6) is 10.9 Å². The summed E-state index contributed by atoms with van der Waals surface area (Å²) in [6.45, 7) is 1.78. The van der Waals surface area contributed by atoms with Crippen LogP contribution in [0.3, 0.4) is 0 Å². The number of benzene rings is 2. The van der Waals surface area contributed by atoms with E-state index in [4.69, 9.17) is 17.0 Å². The smallest absolute Gasteiger partial charge is 0.347 e. The molecule has 0 aliphatic heterocycles. The Labute approximate surface area is 174 Å². The second-order valence-electron chi connectivity index (χ2n) is 5.59. The summed E-state index contributed by atoms with van der Waals surface area (Å²) in [5.41, 5.74) is 4.35. The fourth-order valence-electron chi connectivity index (χ4n) is 2.16. The van der Waals surface area contributed by atoms with Crippen molar-refractivity contribution in [3.05, 3.63) is 76.2 Å². The molecule has 148 valence electrons. The number of ether oxygens (including phenoxy) is 1. The van der Waals surface area contributed by atoms with Crippen molar-refractivity contribution in [3.8, 4) is 10.9 Å². The molecule has 1 heterocycles. The van der Waals surface area contributed by atoms with Crippen LogP contribution in [0.15, 0.2) is 59.8 Å². The number of aromatic nitrogens is 1. The van der Waals surface area contributed by atoms with E-state index >= 15 is 0 Å². The lowest BCUT2D eigenvalue weighted by atomic mass is 10.1. The molecular formula is C18H14FN5O3S2. The van der Waals surface area contributed by atoms with Crippen LogP contribution in [0.2, 0.25) is 0 Å². The first kappa shape index (κ1) is 20.3. The Kier molecular flexibility index (Phi) is 6.42. The molecule has 0 bridgehead atoms. The molecule has 0 fully saturated rings. The molecule has 8 nitrogen and oxygen atoms in total. The first-order valence-corrected chi connectivity index (χ1v) is 9.39. The van der Waals surface area contributed by atoms with Crippen LogP contribution in [0.4, 0.5) is 15.1 Å². The van der Waals surface area contributed by atoms with Crippen LogP contribution in [0.25, 0.3) is 0 Å². The number of nitro groups is 1. The topological polar surface area (TPSA) is 102 Å². The highest BCUT2D eigenvalue weighted by molar-refractivity contribution is 7.80. The van der Waals surface area contributed by atoms with E-state index in [2.05, 4.69) is 20.8 Å². The number of nitrogens with zero attached hydrogens (tertiary/aromatic N) is 3. The Bertz CT molecular complexity index is 1070. The highest BCUT2D eigenvalue weighted by Gasteiger charge is 2.13. The zero-order valence-electron chi connectivity index (χ0n) is 15.0. The summed E-state index contributed by atoms with van der Waals surface area (Å²) in [6.07, 6.45) is 1.15. The largest absolute Gasteiger partial charge is 0.431 e. The van der Waals surface area contributed by atoms with Gasteiger partial charge in [0, 0.05) is 0 Å². The number of para-hydroxylation sites is 1. The number of rotatable bonds is 6. The molecule has 0 unspecified atom stereocenters. The minimum Gasteiger partial charge on any atom is -0.431 e. The standard InChI is InChI=1S/C18H14FN5O3S2/c1-11(22-23-17(28)21-15-5-3-2-4-14(15)19)12-6-8-13(9-7-12)27-18-20-10-16(29-18)24(25)26/h2-10H,1H3,(H2,21,23,28)/b22-11-. The molecule has 1 aromatic heterocycles. The van der Waals surface area contributed by atoms with E-state index in [1.807, 2.05) is 0 Å². The number of halogens is 1. The molecule has 0 aliphatic rings. The molecule has 0 saturated carbocycles. The predicted molar refractivity (Wildman–Crippen MR) is 113 cm³/mol. The van der Waals surface area contributed by atoms with Gasteiger partial charge in [0.15, 0.2) is 5.11 Å². The van der Waals surface area contributed by atoms with Crippen molar-refractivity contribution in [2.45, 2.75) is 6.92 Å². The van der Waals surface area contributed by atoms with Gasteiger partial charge in [-0.05, 0) is 72.4 Å². The number of hydrazone groups is 1. The fraction of sp³-hybridized carbons (Fsp3) is 0.0556. The molecule has 0 aliphatic carbocycles. The summed E-state index contributed by atoms with van der Waals surface area (Å²) in [5, 5.41) is 17.8. The average Bonchev–Trinajstić information content (AvgIpc) is 3.17. The number of anilines is 1. The average molecular weight is 431 g/mol. The zero-order valence-corrected chi connectivity index (χ0v) is 16.6. The lowest BCUT2D eigenvalue weighted by molar-refractivity contribution is -0.380. The second-order valence-corrected chi connectivity index (χ2v) is 6.97. The summed E-state index contributed by atoms with van der Waals surface area (Å²) < 4.78 is 19.1. The molecule has 3 aromatic rings. The molecule has 0 saturated heterocycles. The molecule has 0 amide bonds. The van der Waals surface area contributed by atoms with Crippen molar-refractivity contribution in [1.82, 2.24) is 10.4 Å². The molecule has 11 heteroatoms. The summed E-state index contributed by atoms with van der Waals surface area (Å²) in [5.74, 6) is 0.0639. The number of hydrogen-bond acceptors (Lipinski definition) is 7. The van der Waals surface area contributed by atoms with Gasteiger partial charge in [0.05, 0.1) is 16.3 Å². The second kappa shape index (κ2) is 9.17. The Morgan fingerprint density at radius 3 is 2.66 bits per heavy atom. The molecule has 0 radical (unpaired) electrons. The third-order valence-corrected chi connectivity index (χ3v) is 4.60. The lowest BCUT2D eigenvalue weighted by Crippen LogP contribution is -2.25. The molecule has 0 atom stereocenters. The summed E-state index contributed by atoms with van der Waals surface area (Å²) in [4.78, 5) is 14.0. The van der Waals surface area contributed by atoms with Crippen molar-refractivity contribution >= 4 is 45.1 Å². The number of thiocarbonyl (C=S) groups is 1. The number of thiazole rings is 1. The van der Waals surface area contributed by atoms with Gasteiger partial charge in [-0.25, -0.2) is 9.37 Å². The SMILES string of the molecule is C/C(=N/NC(=S)Nc1ccccc1F)c1ccc(Oc2ncc([N+](=O)[O-])s2)cc1. The third kappa shape index (κ3) is 5.53. The highest BCUT2D eigenvalue weighted by atomic mass is 32.1. The third-order valence-electron chi connectivity index (χ3n) is 3.58. The van der Waals surface area contributed by atoms with Crippen LogP contribution in [0.1, 0.15) is 12.5 Å². The molecule has 0 spiro atoms. The quantitative estimate of drug-likeness (QED) is 0.253. The van der Waals surface area contributed by atoms with Gasteiger partial charge in [0.25, 0.3) is 5.19 Å². The van der Waals surface area contributed by atoms with E-state index in [0.717, 1.165) is 23.1 Å². The Morgan fingerprint density at radius 1 is 1.28 bits per heavy atom. The van der Waals surface area contributed by atoms with Crippen LogP contribution in [-0.4, -0.2) is 20.7 Å². The maximum absolute atomic E-state index is 13.6. The minimum absolute atomic E-state index is 0.0920.